The minimum atomic E-state index is -1.54. The van der Waals surface area contributed by atoms with Crippen molar-refractivity contribution < 1.29 is 34.2 Å². The molecule has 0 heterocycles. The number of nitrogens with two attached hydrogens (primary N) is 2. The lowest BCUT2D eigenvalue weighted by molar-refractivity contribution is -0.144. The molecule has 0 aromatic carbocycles. The van der Waals surface area contributed by atoms with Crippen LogP contribution in [-0.2, 0) is 24.0 Å². The molecule has 0 radical (unpaired) electrons. The zero-order chi connectivity index (χ0) is 25.0. The third kappa shape index (κ3) is 11.3. The fourth-order valence-corrected chi connectivity index (χ4v) is 3.11. The SMILES string of the molecule is CSCCC(NC(=O)C(N)C(C)O)C(=O)NC(CC(C)C)C(=O)NC(CC(N)=O)C(=O)O. The van der Waals surface area contributed by atoms with E-state index in [1.807, 2.05) is 6.26 Å². The van der Waals surface area contributed by atoms with Gasteiger partial charge in [0, 0.05) is 0 Å². The Bertz CT molecular complexity index is 674. The van der Waals surface area contributed by atoms with Crippen molar-refractivity contribution in [3.05, 3.63) is 0 Å². The smallest absolute Gasteiger partial charge is 0.326 e. The van der Waals surface area contributed by atoms with Gasteiger partial charge < -0.3 is 37.6 Å². The van der Waals surface area contributed by atoms with Crippen molar-refractivity contribution in [2.24, 2.45) is 17.4 Å². The van der Waals surface area contributed by atoms with Crippen LogP contribution in [0, 0.1) is 5.92 Å². The number of thioether (sulfide) groups is 1. The van der Waals surface area contributed by atoms with Crippen LogP contribution in [0.25, 0.3) is 0 Å². The van der Waals surface area contributed by atoms with Crippen LogP contribution in [0.4, 0.5) is 0 Å². The number of hydrogen-bond donors (Lipinski definition) is 7. The van der Waals surface area contributed by atoms with Gasteiger partial charge in [0.05, 0.1) is 12.5 Å². The van der Waals surface area contributed by atoms with Gasteiger partial charge in [0.2, 0.25) is 23.6 Å². The quantitative estimate of drug-likeness (QED) is 0.137. The second-order valence-electron chi connectivity index (χ2n) is 7.87. The van der Waals surface area contributed by atoms with Gasteiger partial charge in [-0.3, -0.25) is 19.2 Å². The molecule has 12 nitrogen and oxygen atoms in total. The maximum atomic E-state index is 12.9. The van der Waals surface area contributed by atoms with Crippen molar-refractivity contribution in [2.75, 3.05) is 12.0 Å². The lowest BCUT2D eigenvalue weighted by Gasteiger charge is -2.26. The number of hydrogen-bond acceptors (Lipinski definition) is 8. The van der Waals surface area contributed by atoms with Gasteiger partial charge in [-0.05, 0) is 37.7 Å². The Morgan fingerprint density at radius 1 is 0.906 bits per heavy atom. The van der Waals surface area contributed by atoms with Crippen molar-refractivity contribution in [1.82, 2.24) is 16.0 Å². The molecule has 4 amide bonds. The zero-order valence-corrected chi connectivity index (χ0v) is 19.6. The van der Waals surface area contributed by atoms with Crippen molar-refractivity contribution in [1.29, 1.82) is 0 Å². The van der Waals surface area contributed by atoms with Crippen molar-refractivity contribution in [3.8, 4) is 0 Å². The maximum Gasteiger partial charge on any atom is 0.326 e. The van der Waals surface area contributed by atoms with E-state index in [4.69, 9.17) is 11.5 Å². The number of aliphatic carboxylic acids is 1. The molecule has 0 bridgehead atoms. The minimum Gasteiger partial charge on any atom is -0.480 e. The van der Waals surface area contributed by atoms with Crippen LogP contribution in [0.15, 0.2) is 0 Å². The van der Waals surface area contributed by atoms with Gasteiger partial charge in [0.15, 0.2) is 0 Å². The van der Waals surface area contributed by atoms with Gasteiger partial charge in [-0.15, -0.1) is 0 Å². The first-order valence-corrected chi connectivity index (χ1v) is 11.5. The molecule has 5 atom stereocenters. The number of nitrogens with one attached hydrogen (secondary N) is 3. The van der Waals surface area contributed by atoms with Crippen LogP contribution in [0.2, 0.25) is 0 Å². The van der Waals surface area contributed by atoms with Crippen LogP contribution in [-0.4, -0.2) is 82.1 Å². The molecule has 32 heavy (non-hydrogen) atoms. The van der Waals surface area contributed by atoms with Gasteiger partial charge in [-0.2, -0.15) is 11.8 Å². The van der Waals surface area contributed by atoms with Crippen LogP contribution in [0.3, 0.4) is 0 Å². The second kappa shape index (κ2) is 14.6. The topological polar surface area (TPSA) is 214 Å². The Morgan fingerprint density at radius 3 is 1.84 bits per heavy atom. The Morgan fingerprint density at radius 2 is 1.41 bits per heavy atom. The molecule has 13 heteroatoms. The van der Waals surface area contributed by atoms with Crippen LogP contribution >= 0.6 is 11.8 Å². The van der Waals surface area contributed by atoms with Crippen molar-refractivity contribution in [2.45, 2.75) is 70.3 Å². The summed E-state index contributed by atoms with van der Waals surface area (Å²) in [4.78, 5) is 60.2. The molecule has 0 aromatic rings. The lowest BCUT2D eigenvalue weighted by atomic mass is 10.0. The molecule has 0 spiro atoms. The number of aliphatic hydroxyl groups excluding tert-OH is 1. The molecule has 184 valence electrons. The molecule has 0 saturated heterocycles. The second-order valence-corrected chi connectivity index (χ2v) is 8.86. The summed E-state index contributed by atoms with van der Waals surface area (Å²) >= 11 is 1.44. The Kier molecular flexibility index (Phi) is 13.5. The molecule has 0 saturated carbocycles. The normalized spacial score (nSPS) is 15.7. The molecule has 0 aromatic heterocycles. The molecular weight excluding hydrogens is 442 g/mol. The zero-order valence-electron chi connectivity index (χ0n) is 18.8. The summed E-state index contributed by atoms with van der Waals surface area (Å²) in [6.45, 7) is 4.95. The van der Waals surface area contributed by atoms with Gasteiger partial charge in [-0.25, -0.2) is 4.79 Å². The minimum absolute atomic E-state index is 0.0478. The number of carbonyl (C=O) groups excluding carboxylic acids is 4. The van der Waals surface area contributed by atoms with Gasteiger partial charge >= 0.3 is 5.97 Å². The molecule has 0 aliphatic rings. The largest absolute Gasteiger partial charge is 0.480 e. The van der Waals surface area contributed by atoms with Crippen molar-refractivity contribution >= 4 is 41.4 Å². The monoisotopic (exact) mass is 477 g/mol. The maximum absolute atomic E-state index is 12.9. The highest BCUT2D eigenvalue weighted by molar-refractivity contribution is 7.98. The fraction of sp³-hybridized carbons (Fsp3) is 0.737. The first-order valence-electron chi connectivity index (χ1n) is 10.1. The van der Waals surface area contributed by atoms with E-state index in [0.717, 1.165) is 0 Å². The summed E-state index contributed by atoms with van der Waals surface area (Å²) in [6, 6.07) is -4.92. The first-order chi connectivity index (χ1) is 14.8. The summed E-state index contributed by atoms with van der Waals surface area (Å²) in [6.07, 6.45) is 0.500. The van der Waals surface area contributed by atoms with E-state index in [1.165, 1.54) is 18.7 Å². The molecule has 0 aliphatic carbocycles. The average molecular weight is 478 g/mol. The summed E-state index contributed by atoms with van der Waals surface area (Å²) in [5.41, 5.74) is 10.6. The number of aliphatic hydroxyl groups is 1. The predicted octanol–water partition coefficient (Wildman–Crippen LogP) is -2.09. The third-order valence-corrected chi connectivity index (χ3v) is 5.07. The number of primary amides is 1. The third-order valence-electron chi connectivity index (χ3n) is 4.43. The van der Waals surface area contributed by atoms with Gasteiger partial charge in [0.25, 0.3) is 0 Å². The highest BCUT2D eigenvalue weighted by atomic mass is 32.2. The standard InChI is InChI=1S/C19H35N5O7S/c1-9(2)7-12(17(28)24-13(19(30)31)8-14(20)26)23-16(27)11(5-6-32-4)22-18(29)15(21)10(3)25/h9-13,15,25H,5-8,21H2,1-4H3,(H2,20,26)(H,22,29)(H,23,27)(H,24,28)(H,30,31). The Labute approximate surface area is 191 Å². The van der Waals surface area contributed by atoms with Gasteiger partial charge in [-0.1, -0.05) is 13.8 Å². The van der Waals surface area contributed by atoms with E-state index in [9.17, 15) is 34.2 Å². The van der Waals surface area contributed by atoms with Crippen LogP contribution in [0.5, 0.6) is 0 Å². The number of amides is 4. The molecule has 5 unspecified atom stereocenters. The fourth-order valence-electron chi connectivity index (χ4n) is 2.64. The summed E-state index contributed by atoms with van der Waals surface area (Å²) in [5.74, 6) is -4.06. The number of carboxylic acid groups (broad SMARTS) is 1. The van der Waals surface area contributed by atoms with E-state index in [1.54, 1.807) is 13.8 Å². The molecule has 9 N–H and O–H groups in total. The number of rotatable bonds is 15. The van der Waals surface area contributed by atoms with E-state index in [-0.39, 0.29) is 18.8 Å². The lowest BCUT2D eigenvalue weighted by Crippen LogP contribution is -2.58. The highest BCUT2D eigenvalue weighted by Crippen LogP contribution is 2.08. The average Bonchev–Trinajstić information content (AvgIpc) is 2.68. The van der Waals surface area contributed by atoms with Crippen LogP contribution in [0.1, 0.15) is 40.0 Å². The molecule has 0 aliphatic heterocycles. The van der Waals surface area contributed by atoms with Crippen molar-refractivity contribution in [3.63, 3.8) is 0 Å². The van der Waals surface area contributed by atoms with Gasteiger partial charge in [0.1, 0.15) is 24.2 Å². The molecular formula is C19H35N5O7S. The Hall–Kier alpha value is -2.38. The Balaban J connectivity index is 5.49. The van der Waals surface area contributed by atoms with E-state index in [2.05, 4.69) is 16.0 Å². The summed E-state index contributed by atoms with van der Waals surface area (Å²) < 4.78 is 0. The van der Waals surface area contributed by atoms with E-state index < -0.39 is 66.3 Å². The van der Waals surface area contributed by atoms with E-state index in [0.29, 0.717) is 5.75 Å². The number of carboxylic acids is 1. The summed E-state index contributed by atoms with van der Waals surface area (Å²) in [7, 11) is 0. The van der Waals surface area contributed by atoms with E-state index >= 15 is 0 Å². The number of carbonyl (C=O) groups is 5. The predicted molar refractivity (Wildman–Crippen MR) is 119 cm³/mol. The highest BCUT2D eigenvalue weighted by Gasteiger charge is 2.31. The van der Waals surface area contributed by atoms with Crippen LogP contribution < -0.4 is 27.4 Å². The first kappa shape index (κ1) is 29.6. The summed E-state index contributed by atoms with van der Waals surface area (Å²) in [5, 5.41) is 25.9. The molecule has 0 rings (SSSR count). The molecule has 0 fully saturated rings.